The summed E-state index contributed by atoms with van der Waals surface area (Å²) in [6, 6.07) is 19.4. The molecule has 3 aromatic rings. The zero-order chi connectivity index (χ0) is 24.1. The number of rotatable bonds is 4. The number of carbonyl (C=O) groups excluding carboxylic acids is 1. The fraction of sp³-hybridized carbons (Fsp3) is 0.310. The first kappa shape index (κ1) is 22.1. The van der Waals surface area contributed by atoms with E-state index in [9.17, 15) is 4.79 Å². The number of hydrogen-bond acceptors (Lipinski definition) is 4. The van der Waals surface area contributed by atoms with Crippen LogP contribution >= 0.6 is 11.8 Å². The molecule has 0 saturated carbocycles. The van der Waals surface area contributed by atoms with Crippen molar-refractivity contribution in [1.82, 2.24) is 19.5 Å². The van der Waals surface area contributed by atoms with E-state index in [4.69, 9.17) is 4.98 Å². The molecule has 0 aliphatic carbocycles. The third kappa shape index (κ3) is 3.49. The van der Waals surface area contributed by atoms with E-state index in [0.29, 0.717) is 10.6 Å². The molecule has 0 bridgehead atoms. The lowest BCUT2D eigenvalue weighted by Crippen LogP contribution is -2.56. The van der Waals surface area contributed by atoms with E-state index in [1.165, 1.54) is 11.2 Å². The van der Waals surface area contributed by atoms with Gasteiger partial charge in [-0.25, -0.2) is 4.98 Å². The Bertz CT molecular complexity index is 1410. The summed E-state index contributed by atoms with van der Waals surface area (Å²) in [7, 11) is 0. The molecule has 0 N–H and O–H groups in total. The molecule has 0 radical (unpaired) electrons. The van der Waals surface area contributed by atoms with Gasteiger partial charge in [-0.3, -0.25) is 4.79 Å². The second kappa shape index (κ2) is 8.76. The summed E-state index contributed by atoms with van der Waals surface area (Å²) in [6.45, 7) is 3.55. The van der Waals surface area contributed by atoms with E-state index in [-0.39, 0.29) is 5.91 Å². The van der Waals surface area contributed by atoms with Crippen molar-refractivity contribution in [3.8, 4) is 11.4 Å². The van der Waals surface area contributed by atoms with Gasteiger partial charge in [0.05, 0.1) is 35.6 Å². The van der Waals surface area contributed by atoms with Gasteiger partial charge in [-0.1, -0.05) is 42.5 Å². The van der Waals surface area contributed by atoms with Crippen molar-refractivity contribution in [2.24, 2.45) is 0 Å². The average Bonchev–Trinajstić information content (AvgIpc) is 3.71. The molecule has 2 aromatic carbocycles. The number of para-hydroxylation sites is 2. The number of amides is 1. The van der Waals surface area contributed by atoms with Gasteiger partial charge in [-0.2, -0.15) is 4.59 Å². The van der Waals surface area contributed by atoms with E-state index in [1.54, 1.807) is 0 Å². The number of allylic oxidation sites excluding steroid dienone is 3. The number of hydrogen-bond donors (Lipinski definition) is 0. The minimum absolute atomic E-state index is 0.216. The van der Waals surface area contributed by atoms with Crippen molar-refractivity contribution in [1.29, 1.82) is 0 Å². The summed E-state index contributed by atoms with van der Waals surface area (Å²) in [5.74, 6) is 3.14. The third-order valence-electron chi connectivity index (χ3n) is 8.03. The first-order valence-electron chi connectivity index (χ1n) is 12.9. The van der Waals surface area contributed by atoms with Crippen molar-refractivity contribution in [2.45, 2.75) is 18.9 Å². The molecule has 2 saturated heterocycles. The summed E-state index contributed by atoms with van der Waals surface area (Å²) >= 11 is 1.84. The number of carbonyl (C=O) groups is 1. The van der Waals surface area contributed by atoms with Gasteiger partial charge in [0.2, 0.25) is 0 Å². The normalized spacial score (nSPS) is 24.4. The lowest BCUT2D eigenvalue weighted by Gasteiger charge is -2.43. The highest BCUT2D eigenvalue weighted by atomic mass is 32.2. The molecule has 36 heavy (non-hydrogen) atoms. The predicted molar refractivity (Wildman–Crippen MR) is 144 cm³/mol. The van der Waals surface area contributed by atoms with Crippen LogP contribution in [0.1, 0.15) is 18.9 Å². The standard InChI is InChI=1S/C29H30N5OS/c35-29(31-16-18-36-21-31)23-19-25-9-6-17-34(25,20-23)32-14-12-24(13-15-32)33-27-11-5-4-10-26(27)30-28(33)22-7-2-1-3-8-22/h1-11,17,19,24H,12-16,18,20-21H2/q+1/t34-/m1/s1. The van der Waals surface area contributed by atoms with Gasteiger partial charge < -0.3 is 9.47 Å². The molecule has 1 amide bonds. The first-order valence-corrected chi connectivity index (χ1v) is 14.0. The van der Waals surface area contributed by atoms with Crippen LogP contribution in [0.4, 0.5) is 0 Å². The molecule has 4 aliphatic heterocycles. The number of fused-ring (bicyclic) bond motifs is 2. The minimum atomic E-state index is 0.216. The summed E-state index contributed by atoms with van der Waals surface area (Å²) in [5.41, 5.74) is 5.60. The Morgan fingerprint density at radius 2 is 1.81 bits per heavy atom. The minimum Gasteiger partial charge on any atom is -0.329 e. The van der Waals surface area contributed by atoms with Crippen LogP contribution in [-0.2, 0) is 4.79 Å². The molecule has 2 fully saturated rings. The maximum absolute atomic E-state index is 13.2. The topological polar surface area (TPSA) is 41.4 Å². The maximum Gasteiger partial charge on any atom is 0.256 e. The molecule has 0 unspecified atom stereocenters. The van der Waals surface area contributed by atoms with Gasteiger partial charge in [0, 0.05) is 36.1 Å². The van der Waals surface area contributed by atoms with Crippen molar-refractivity contribution >= 4 is 28.7 Å². The summed E-state index contributed by atoms with van der Waals surface area (Å²) in [4.78, 5) is 20.2. The molecule has 4 aliphatic rings. The van der Waals surface area contributed by atoms with E-state index < -0.39 is 0 Å². The van der Waals surface area contributed by atoms with Crippen LogP contribution in [0, 0.1) is 0 Å². The van der Waals surface area contributed by atoms with E-state index in [0.717, 1.165) is 73.1 Å². The lowest BCUT2D eigenvalue weighted by atomic mass is 10.0. The highest BCUT2D eigenvalue weighted by molar-refractivity contribution is 7.99. The smallest absolute Gasteiger partial charge is 0.256 e. The van der Waals surface area contributed by atoms with E-state index in [1.807, 2.05) is 16.7 Å². The van der Waals surface area contributed by atoms with Crippen molar-refractivity contribution in [2.75, 3.05) is 37.8 Å². The molecule has 7 heteroatoms. The Morgan fingerprint density at radius 3 is 2.61 bits per heavy atom. The van der Waals surface area contributed by atoms with Crippen LogP contribution in [0.2, 0.25) is 0 Å². The average molecular weight is 497 g/mol. The molecular weight excluding hydrogens is 466 g/mol. The molecule has 5 heterocycles. The largest absolute Gasteiger partial charge is 0.329 e. The van der Waals surface area contributed by atoms with Gasteiger partial charge in [0.1, 0.15) is 18.6 Å². The summed E-state index contributed by atoms with van der Waals surface area (Å²) in [6.07, 6.45) is 10.9. The van der Waals surface area contributed by atoms with Gasteiger partial charge in [0.15, 0.2) is 5.70 Å². The highest BCUT2D eigenvalue weighted by Crippen LogP contribution is 2.41. The SMILES string of the molecule is O=C(C1=CC2=CC=C[N@@+]2(N2CCC(n3c(-c4ccccc4)nc4ccccc43)CC2)C1)N1CCSC1. The third-order valence-corrected chi connectivity index (χ3v) is 9.00. The summed E-state index contributed by atoms with van der Waals surface area (Å²) in [5, 5.41) is 2.56. The van der Waals surface area contributed by atoms with Gasteiger partial charge in [0.25, 0.3) is 5.91 Å². The molecular formula is C29H30N5OS+. The number of piperidine rings is 1. The molecule has 6 nitrogen and oxygen atoms in total. The maximum atomic E-state index is 13.2. The Kier molecular flexibility index (Phi) is 5.38. The summed E-state index contributed by atoms with van der Waals surface area (Å²) < 4.78 is 3.14. The van der Waals surface area contributed by atoms with Crippen LogP contribution in [0.15, 0.2) is 90.3 Å². The molecule has 7 rings (SSSR count). The number of benzene rings is 2. The first-order chi connectivity index (χ1) is 17.7. The molecule has 182 valence electrons. The van der Waals surface area contributed by atoms with Crippen molar-refractivity contribution in [3.05, 3.63) is 90.3 Å². The van der Waals surface area contributed by atoms with Gasteiger partial charge in [-0.15, -0.1) is 16.8 Å². The Hall–Kier alpha value is -3.13. The highest BCUT2D eigenvalue weighted by Gasteiger charge is 2.48. The Morgan fingerprint density at radius 1 is 1.00 bits per heavy atom. The van der Waals surface area contributed by atoms with Gasteiger partial charge in [-0.05, 0) is 31.1 Å². The molecule has 1 atom stereocenters. The van der Waals surface area contributed by atoms with E-state index in [2.05, 4.69) is 88.6 Å². The van der Waals surface area contributed by atoms with Crippen LogP contribution < -0.4 is 0 Å². The van der Waals surface area contributed by atoms with Crippen molar-refractivity contribution in [3.63, 3.8) is 0 Å². The predicted octanol–water partition coefficient (Wildman–Crippen LogP) is 4.96. The second-order valence-corrected chi connectivity index (χ2v) is 11.1. The number of imidazole rings is 1. The van der Waals surface area contributed by atoms with Crippen LogP contribution in [0.5, 0.6) is 0 Å². The number of nitrogens with zero attached hydrogens (tertiary/aromatic N) is 5. The molecule has 0 spiro atoms. The number of quaternary nitrogens is 1. The zero-order valence-corrected chi connectivity index (χ0v) is 21.1. The fourth-order valence-electron chi connectivity index (χ4n) is 6.22. The molecule has 1 aromatic heterocycles. The van der Waals surface area contributed by atoms with Crippen LogP contribution in [-0.4, -0.2) is 67.8 Å². The zero-order valence-electron chi connectivity index (χ0n) is 20.3. The lowest BCUT2D eigenvalue weighted by molar-refractivity contribution is -0.949. The quantitative estimate of drug-likeness (QED) is 0.479. The number of thioether (sulfide) groups is 1. The second-order valence-electron chi connectivity index (χ2n) is 10.0. The Balaban J connectivity index is 1.14. The Labute approximate surface area is 215 Å². The van der Waals surface area contributed by atoms with Gasteiger partial charge >= 0.3 is 0 Å². The fourth-order valence-corrected chi connectivity index (χ4v) is 7.17. The van der Waals surface area contributed by atoms with E-state index >= 15 is 0 Å². The van der Waals surface area contributed by atoms with Crippen LogP contribution in [0.3, 0.4) is 0 Å². The monoisotopic (exact) mass is 496 g/mol. The van der Waals surface area contributed by atoms with Crippen LogP contribution in [0.25, 0.3) is 22.4 Å². The number of aromatic nitrogens is 2. The van der Waals surface area contributed by atoms with Crippen molar-refractivity contribution < 1.29 is 9.39 Å².